The second-order valence-electron chi connectivity index (χ2n) is 2.43. The van der Waals surface area contributed by atoms with Crippen molar-refractivity contribution in [1.29, 1.82) is 0 Å². The number of rotatable bonds is 1. The van der Waals surface area contributed by atoms with Crippen molar-refractivity contribution in [2.24, 2.45) is 0 Å². The maximum absolute atomic E-state index is 5.08. The molecule has 1 aliphatic rings. The maximum atomic E-state index is 5.08. The van der Waals surface area contributed by atoms with Crippen LogP contribution in [0, 0.1) is 0 Å². The largest absolute Gasteiger partial charge is 0.454 e. The van der Waals surface area contributed by atoms with Gasteiger partial charge in [0.2, 0.25) is 6.79 Å². The van der Waals surface area contributed by atoms with E-state index in [-0.39, 0.29) is 7.43 Å². The molecule has 0 amide bonds. The van der Waals surface area contributed by atoms with Gasteiger partial charge in [-0.05, 0) is 19.1 Å². The summed E-state index contributed by atoms with van der Waals surface area (Å²) in [4.78, 5) is 0. The molecule has 1 heterocycles. The highest BCUT2D eigenvalue weighted by atomic mass is 16.7. The van der Waals surface area contributed by atoms with Crippen molar-refractivity contribution in [3.05, 3.63) is 24.3 Å². The first-order valence-corrected chi connectivity index (χ1v) is 4.22. The molecule has 0 N–H and O–H groups in total. The molecule has 0 radical (unpaired) electrons. The summed E-state index contributed by atoms with van der Waals surface area (Å²) >= 11 is 0. The maximum Gasteiger partial charge on any atom is 0.231 e. The van der Waals surface area contributed by atoms with Crippen molar-refractivity contribution in [3.63, 3.8) is 0 Å². The summed E-state index contributed by atoms with van der Waals surface area (Å²) in [6.45, 7) is 3.14. The molecule has 0 atom stereocenters. The molecule has 0 saturated heterocycles. The van der Waals surface area contributed by atoms with Crippen LogP contribution in [0.15, 0.2) is 24.3 Å². The van der Waals surface area contributed by atoms with Gasteiger partial charge in [-0.25, -0.2) is 0 Å². The zero-order valence-corrected chi connectivity index (χ0v) is 7.95. The number of hydrogen-bond acceptors (Lipinski definition) is 3. The van der Waals surface area contributed by atoms with Crippen LogP contribution < -0.4 is 9.47 Å². The summed E-state index contributed by atoms with van der Waals surface area (Å²) in [5.74, 6) is 1.69. The molecule has 3 heteroatoms. The van der Waals surface area contributed by atoms with Gasteiger partial charge in [-0.1, -0.05) is 19.6 Å². The Hall–Kier alpha value is -1.22. The average molecular weight is 198 g/mol. The number of ether oxygens (including phenoxy) is 3. The van der Waals surface area contributed by atoms with Crippen molar-refractivity contribution < 1.29 is 14.2 Å². The first-order valence-electron chi connectivity index (χ1n) is 4.22. The van der Waals surface area contributed by atoms with E-state index >= 15 is 0 Å². The average Bonchev–Trinajstić information content (AvgIpc) is 2.66. The Morgan fingerprint density at radius 3 is 2.00 bits per heavy atom. The van der Waals surface area contributed by atoms with Crippen LogP contribution in [0.3, 0.4) is 0 Å². The van der Waals surface area contributed by atoms with Crippen LogP contribution in [-0.4, -0.2) is 20.5 Å². The summed E-state index contributed by atoms with van der Waals surface area (Å²) < 4.78 is 14.7. The van der Waals surface area contributed by atoms with Crippen molar-refractivity contribution in [3.8, 4) is 11.5 Å². The zero-order valence-electron chi connectivity index (χ0n) is 7.95. The highest BCUT2D eigenvalue weighted by Gasteiger charge is 2.09. The van der Waals surface area contributed by atoms with Gasteiger partial charge in [0, 0.05) is 13.7 Å². The highest BCUT2D eigenvalue weighted by Crippen LogP contribution is 2.30. The molecule has 80 valence electrons. The van der Waals surface area contributed by atoms with Gasteiger partial charge in [-0.3, -0.25) is 0 Å². The number of benzene rings is 1. The summed E-state index contributed by atoms with van der Waals surface area (Å²) in [6, 6.07) is 7.63. The Morgan fingerprint density at radius 2 is 1.64 bits per heavy atom. The van der Waals surface area contributed by atoms with Gasteiger partial charge >= 0.3 is 0 Å². The topological polar surface area (TPSA) is 27.7 Å². The molecule has 14 heavy (non-hydrogen) atoms. The lowest BCUT2D eigenvalue weighted by atomic mass is 10.3. The van der Waals surface area contributed by atoms with Crippen LogP contribution in [0.5, 0.6) is 11.5 Å². The number of fused-ring (bicyclic) bond motifs is 1. The van der Waals surface area contributed by atoms with Crippen LogP contribution in [0.1, 0.15) is 14.4 Å². The highest BCUT2D eigenvalue weighted by molar-refractivity contribution is 5.40. The monoisotopic (exact) mass is 198 g/mol. The van der Waals surface area contributed by atoms with E-state index in [0.717, 1.165) is 18.1 Å². The molecular formula is C11H18O3. The molecule has 0 fully saturated rings. The number of para-hydroxylation sites is 2. The van der Waals surface area contributed by atoms with Gasteiger partial charge in [-0.2, -0.15) is 0 Å². The molecule has 1 aliphatic heterocycles. The molecule has 1 aromatic carbocycles. The van der Waals surface area contributed by atoms with Crippen molar-refractivity contribution in [1.82, 2.24) is 0 Å². The first-order chi connectivity index (χ1) is 6.38. The van der Waals surface area contributed by atoms with E-state index < -0.39 is 0 Å². The predicted molar refractivity (Wildman–Crippen MR) is 56.8 cm³/mol. The summed E-state index contributed by atoms with van der Waals surface area (Å²) in [5.41, 5.74) is 0. The van der Waals surface area contributed by atoms with Gasteiger partial charge in [0.15, 0.2) is 11.5 Å². The van der Waals surface area contributed by atoms with E-state index in [9.17, 15) is 0 Å². The van der Waals surface area contributed by atoms with Crippen molar-refractivity contribution in [2.75, 3.05) is 20.5 Å². The molecule has 0 saturated carbocycles. The van der Waals surface area contributed by atoms with Crippen LogP contribution >= 0.6 is 0 Å². The quantitative estimate of drug-likeness (QED) is 0.694. The molecular weight excluding hydrogens is 180 g/mol. The van der Waals surface area contributed by atoms with Crippen LogP contribution in [0.25, 0.3) is 0 Å². The molecule has 0 aliphatic carbocycles. The summed E-state index contributed by atoms with van der Waals surface area (Å²) in [5, 5.41) is 0. The van der Waals surface area contributed by atoms with Gasteiger partial charge in [0.05, 0.1) is 0 Å². The Balaban J connectivity index is 0.000000299. The fourth-order valence-corrected chi connectivity index (χ4v) is 0.845. The normalized spacial score (nSPS) is 11.0. The van der Waals surface area contributed by atoms with E-state index in [1.165, 1.54) is 0 Å². The molecule has 2 rings (SSSR count). The third kappa shape index (κ3) is 3.66. The molecule has 0 bridgehead atoms. The van der Waals surface area contributed by atoms with Crippen molar-refractivity contribution in [2.45, 2.75) is 14.4 Å². The second kappa shape index (κ2) is 7.21. The molecule has 3 nitrogen and oxygen atoms in total. The van der Waals surface area contributed by atoms with Crippen LogP contribution in [0.2, 0.25) is 0 Å². The van der Waals surface area contributed by atoms with Gasteiger partial charge < -0.3 is 14.2 Å². The zero-order chi connectivity index (χ0) is 9.52. The van der Waals surface area contributed by atoms with Gasteiger partial charge in [-0.15, -0.1) is 0 Å². The second-order valence-corrected chi connectivity index (χ2v) is 2.43. The third-order valence-electron chi connectivity index (χ3n) is 1.57. The summed E-state index contributed by atoms with van der Waals surface area (Å²) in [6.07, 6.45) is 0. The minimum Gasteiger partial charge on any atom is -0.454 e. The lowest BCUT2D eigenvalue weighted by Gasteiger charge is -1.89. The van der Waals surface area contributed by atoms with E-state index in [4.69, 9.17) is 9.47 Å². The van der Waals surface area contributed by atoms with Crippen LogP contribution in [0.4, 0.5) is 0 Å². The fraction of sp³-hybridized carbons (Fsp3) is 0.455. The SMILES string of the molecule is C.CCOC.c1ccc2c(c1)OCO2. The minimum absolute atomic E-state index is 0. The van der Waals surface area contributed by atoms with Crippen molar-refractivity contribution >= 4 is 0 Å². The standard InChI is InChI=1S/C7H6O2.C3H8O.CH4/c1-2-4-7-6(3-1)8-5-9-7;1-3-4-2;/h1-4H,5H2;3H2,1-2H3;1H4. The molecule has 0 spiro atoms. The van der Waals surface area contributed by atoms with E-state index in [2.05, 4.69) is 4.74 Å². The molecule has 0 aromatic heterocycles. The van der Waals surface area contributed by atoms with E-state index in [1.807, 2.05) is 31.2 Å². The molecule has 1 aromatic rings. The Bertz CT molecular complexity index is 223. The van der Waals surface area contributed by atoms with E-state index in [1.54, 1.807) is 7.11 Å². The predicted octanol–water partition coefficient (Wildman–Crippen LogP) is 2.70. The molecule has 0 unspecified atom stereocenters. The fourth-order valence-electron chi connectivity index (χ4n) is 0.845. The number of methoxy groups -OCH3 is 1. The third-order valence-corrected chi connectivity index (χ3v) is 1.57. The van der Waals surface area contributed by atoms with Gasteiger partial charge in [0.25, 0.3) is 0 Å². The Labute approximate surface area is 85.6 Å². The summed E-state index contributed by atoms with van der Waals surface area (Å²) in [7, 11) is 1.68. The van der Waals surface area contributed by atoms with Gasteiger partial charge in [0.1, 0.15) is 0 Å². The Kier molecular flexibility index (Phi) is 6.58. The minimum atomic E-state index is 0. The lowest BCUT2D eigenvalue weighted by Crippen LogP contribution is -1.92. The van der Waals surface area contributed by atoms with Crippen LogP contribution in [-0.2, 0) is 4.74 Å². The smallest absolute Gasteiger partial charge is 0.231 e. The Morgan fingerprint density at radius 1 is 1.21 bits per heavy atom. The van der Waals surface area contributed by atoms with E-state index in [0.29, 0.717) is 6.79 Å². The number of hydrogen-bond donors (Lipinski definition) is 0. The first kappa shape index (κ1) is 12.8. The lowest BCUT2D eigenvalue weighted by molar-refractivity contribution is 0.174.